The summed E-state index contributed by atoms with van der Waals surface area (Å²) in [5, 5.41) is 9.18. The second-order valence-electron chi connectivity index (χ2n) is 5.87. The van der Waals surface area contributed by atoms with Crippen LogP contribution in [-0.2, 0) is 4.74 Å². The average molecular weight is 327 g/mol. The molecule has 4 heterocycles. The fourth-order valence-corrected chi connectivity index (χ4v) is 3.03. The van der Waals surface area contributed by atoms with Gasteiger partial charge in [0.2, 0.25) is 0 Å². The first-order chi connectivity index (χ1) is 11.7. The van der Waals surface area contributed by atoms with E-state index in [1.54, 1.807) is 0 Å². The molecule has 0 bridgehead atoms. The molecule has 1 fully saturated rings. The highest BCUT2D eigenvalue weighted by atomic mass is 16.5. The molecule has 1 aliphatic heterocycles. The number of aromatic nitrogens is 5. The van der Waals surface area contributed by atoms with Crippen molar-refractivity contribution in [1.29, 1.82) is 0 Å². The van der Waals surface area contributed by atoms with Crippen molar-refractivity contribution in [1.82, 2.24) is 24.4 Å². The van der Waals surface area contributed by atoms with Gasteiger partial charge in [0, 0.05) is 30.5 Å². The van der Waals surface area contributed by atoms with Crippen molar-refractivity contribution in [2.75, 3.05) is 13.2 Å². The van der Waals surface area contributed by atoms with Gasteiger partial charge in [0.15, 0.2) is 5.65 Å². The van der Waals surface area contributed by atoms with Gasteiger partial charge in [-0.2, -0.15) is 10.2 Å². The summed E-state index contributed by atoms with van der Waals surface area (Å²) in [6.45, 7) is 9.68. The van der Waals surface area contributed by atoms with E-state index in [1.165, 1.54) is 0 Å². The maximum Gasteiger partial charge on any atom is 0.154 e. The summed E-state index contributed by atoms with van der Waals surface area (Å²) in [6, 6.07) is 2.52. The van der Waals surface area contributed by atoms with E-state index < -0.39 is 0 Å². The second kappa shape index (κ2) is 7.13. The molecule has 3 aromatic heterocycles. The lowest BCUT2D eigenvalue weighted by atomic mass is 10.1. The molecule has 128 valence electrons. The molecule has 0 aliphatic carbocycles. The third-order valence-corrected chi connectivity index (χ3v) is 4.33. The van der Waals surface area contributed by atoms with E-state index in [1.807, 2.05) is 44.6 Å². The van der Waals surface area contributed by atoms with Gasteiger partial charge in [-0.3, -0.25) is 4.68 Å². The largest absolute Gasteiger partial charge is 0.381 e. The van der Waals surface area contributed by atoms with E-state index >= 15 is 0 Å². The van der Waals surface area contributed by atoms with E-state index in [-0.39, 0.29) is 0 Å². The van der Waals surface area contributed by atoms with Crippen molar-refractivity contribution < 1.29 is 4.74 Å². The topological polar surface area (TPSA) is 57.2 Å². The summed E-state index contributed by atoms with van der Waals surface area (Å²) in [4.78, 5) is 4.40. The van der Waals surface area contributed by atoms with Gasteiger partial charge in [-0.05, 0) is 32.8 Å². The Kier molecular flexibility index (Phi) is 4.94. The van der Waals surface area contributed by atoms with Crippen molar-refractivity contribution in [3.8, 4) is 11.1 Å². The van der Waals surface area contributed by atoms with E-state index in [0.717, 1.165) is 54.2 Å². The van der Waals surface area contributed by atoms with Gasteiger partial charge in [-0.25, -0.2) is 9.50 Å². The number of imidazole rings is 1. The lowest BCUT2D eigenvalue weighted by molar-refractivity contribution is 0.0662. The standard InChI is InChI=1S/C16H19N5O.C2H6/c1-11-8-17-16-7-15(12(2)19-21(11)16)13-9-18-20(10-13)14-3-5-22-6-4-14;1-2/h7-10,14H,3-6H2,1-2H3;1-2H3. The zero-order chi connectivity index (χ0) is 17.1. The molecule has 0 atom stereocenters. The van der Waals surface area contributed by atoms with Gasteiger partial charge in [-0.1, -0.05) is 13.8 Å². The minimum atomic E-state index is 0.438. The summed E-state index contributed by atoms with van der Waals surface area (Å²) in [6.07, 6.45) is 7.93. The van der Waals surface area contributed by atoms with Crippen LogP contribution in [0.15, 0.2) is 24.7 Å². The molecule has 0 unspecified atom stereocenters. The van der Waals surface area contributed by atoms with Gasteiger partial charge in [-0.15, -0.1) is 0 Å². The molecule has 0 radical (unpaired) electrons. The third-order valence-electron chi connectivity index (χ3n) is 4.33. The molecule has 1 aliphatic rings. The monoisotopic (exact) mass is 327 g/mol. The Balaban J connectivity index is 0.000000815. The van der Waals surface area contributed by atoms with Crippen molar-refractivity contribution in [2.24, 2.45) is 0 Å². The molecular formula is C18H25N5O. The van der Waals surface area contributed by atoms with Gasteiger partial charge in [0.25, 0.3) is 0 Å². The van der Waals surface area contributed by atoms with Crippen LogP contribution >= 0.6 is 0 Å². The molecule has 4 rings (SSSR count). The molecule has 6 heteroatoms. The number of hydrogen-bond donors (Lipinski definition) is 0. The second-order valence-corrected chi connectivity index (χ2v) is 5.87. The first kappa shape index (κ1) is 16.6. The fourth-order valence-electron chi connectivity index (χ4n) is 3.03. The van der Waals surface area contributed by atoms with Crippen LogP contribution in [0.4, 0.5) is 0 Å². The number of ether oxygens (including phenoxy) is 1. The van der Waals surface area contributed by atoms with E-state index in [4.69, 9.17) is 4.74 Å². The van der Waals surface area contributed by atoms with Crippen molar-refractivity contribution in [2.45, 2.75) is 46.6 Å². The molecule has 6 nitrogen and oxygen atoms in total. The molecule has 0 amide bonds. The Morgan fingerprint density at radius 2 is 1.88 bits per heavy atom. The zero-order valence-corrected chi connectivity index (χ0v) is 14.9. The maximum atomic E-state index is 5.42. The quantitative estimate of drug-likeness (QED) is 0.722. The molecule has 0 N–H and O–H groups in total. The highest BCUT2D eigenvalue weighted by Gasteiger charge is 2.17. The Morgan fingerprint density at radius 1 is 1.12 bits per heavy atom. The van der Waals surface area contributed by atoms with Crippen molar-refractivity contribution >= 4 is 5.65 Å². The minimum Gasteiger partial charge on any atom is -0.381 e. The number of aryl methyl sites for hydroxylation is 2. The number of rotatable bonds is 2. The molecule has 3 aromatic rings. The Hall–Kier alpha value is -2.21. The minimum absolute atomic E-state index is 0.438. The van der Waals surface area contributed by atoms with Crippen LogP contribution in [0.5, 0.6) is 0 Å². The first-order valence-electron chi connectivity index (χ1n) is 8.66. The Bertz CT molecular complexity index is 814. The highest BCUT2D eigenvalue weighted by molar-refractivity contribution is 5.68. The lowest BCUT2D eigenvalue weighted by Crippen LogP contribution is -2.19. The summed E-state index contributed by atoms with van der Waals surface area (Å²) >= 11 is 0. The van der Waals surface area contributed by atoms with Gasteiger partial charge >= 0.3 is 0 Å². The van der Waals surface area contributed by atoms with Crippen LogP contribution in [0.3, 0.4) is 0 Å². The predicted octanol–water partition coefficient (Wildman–Crippen LogP) is 3.59. The Labute approximate surface area is 142 Å². The Morgan fingerprint density at radius 3 is 2.62 bits per heavy atom. The normalized spacial score (nSPS) is 15.3. The van der Waals surface area contributed by atoms with E-state index in [2.05, 4.69) is 32.1 Å². The van der Waals surface area contributed by atoms with Crippen LogP contribution in [-0.4, -0.2) is 37.6 Å². The smallest absolute Gasteiger partial charge is 0.154 e. The fraction of sp³-hybridized carbons (Fsp3) is 0.500. The van der Waals surface area contributed by atoms with Gasteiger partial charge < -0.3 is 4.74 Å². The average Bonchev–Trinajstić information content (AvgIpc) is 3.25. The zero-order valence-electron chi connectivity index (χ0n) is 14.9. The molecule has 0 aromatic carbocycles. The summed E-state index contributed by atoms with van der Waals surface area (Å²) in [5.74, 6) is 0. The van der Waals surface area contributed by atoms with Crippen LogP contribution in [0, 0.1) is 13.8 Å². The van der Waals surface area contributed by atoms with Gasteiger partial charge in [0.1, 0.15) is 0 Å². The van der Waals surface area contributed by atoms with Crippen LogP contribution in [0.1, 0.15) is 44.1 Å². The van der Waals surface area contributed by atoms with Gasteiger partial charge in [0.05, 0.1) is 29.8 Å². The summed E-state index contributed by atoms with van der Waals surface area (Å²) in [5.41, 5.74) is 5.09. The predicted molar refractivity (Wildman–Crippen MR) is 94.1 cm³/mol. The highest BCUT2D eigenvalue weighted by Crippen LogP contribution is 2.26. The molecule has 24 heavy (non-hydrogen) atoms. The molecule has 1 saturated heterocycles. The number of hydrogen-bond acceptors (Lipinski definition) is 4. The number of fused-ring (bicyclic) bond motifs is 1. The third kappa shape index (κ3) is 3.06. The van der Waals surface area contributed by atoms with E-state index in [0.29, 0.717) is 6.04 Å². The molecule has 0 saturated carbocycles. The van der Waals surface area contributed by atoms with E-state index in [9.17, 15) is 0 Å². The lowest BCUT2D eigenvalue weighted by Gasteiger charge is -2.22. The molecule has 0 spiro atoms. The van der Waals surface area contributed by atoms with Crippen molar-refractivity contribution in [3.63, 3.8) is 0 Å². The summed E-state index contributed by atoms with van der Waals surface area (Å²) < 4.78 is 9.36. The SMILES string of the molecule is CC.Cc1nn2c(C)cnc2cc1-c1cnn(C2CCOCC2)c1. The van der Waals surface area contributed by atoms with Crippen molar-refractivity contribution in [3.05, 3.63) is 36.0 Å². The maximum absolute atomic E-state index is 5.42. The molecular weight excluding hydrogens is 302 g/mol. The van der Waals surface area contributed by atoms with Crippen LogP contribution in [0.25, 0.3) is 16.8 Å². The summed E-state index contributed by atoms with van der Waals surface area (Å²) in [7, 11) is 0. The first-order valence-corrected chi connectivity index (χ1v) is 8.66. The number of nitrogens with zero attached hydrogens (tertiary/aromatic N) is 5. The van der Waals surface area contributed by atoms with Crippen LogP contribution < -0.4 is 0 Å². The van der Waals surface area contributed by atoms with Crippen LogP contribution in [0.2, 0.25) is 0 Å².